The van der Waals surface area contributed by atoms with Crippen LogP contribution in [-0.2, 0) is 0 Å². The fraction of sp³-hybridized carbons (Fsp3) is 0.435. The van der Waals surface area contributed by atoms with Gasteiger partial charge in [0.25, 0.3) is 5.91 Å². The summed E-state index contributed by atoms with van der Waals surface area (Å²) in [6.45, 7) is 4.23. The van der Waals surface area contributed by atoms with Crippen molar-refractivity contribution >= 4 is 18.3 Å². The van der Waals surface area contributed by atoms with Gasteiger partial charge in [0.1, 0.15) is 11.6 Å². The third-order valence-corrected chi connectivity index (χ3v) is 5.87. The highest BCUT2D eigenvalue weighted by molar-refractivity contribution is 5.95. The second kappa shape index (κ2) is 9.23. The molecule has 1 N–H and O–H groups in total. The van der Waals surface area contributed by atoms with Crippen LogP contribution >= 0.6 is 12.4 Å². The molecule has 0 radical (unpaired) electrons. The fourth-order valence-electron chi connectivity index (χ4n) is 3.92. The van der Waals surface area contributed by atoms with Crippen LogP contribution in [0.15, 0.2) is 36.4 Å². The maximum atomic E-state index is 14.7. The smallest absolute Gasteiger partial charge is 0.253 e. The minimum absolute atomic E-state index is 0. The Morgan fingerprint density at radius 3 is 2.34 bits per heavy atom. The number of nitrogens with one attached hydrogen (secondary N) is 1. The predicted molar refractivity (Wildman–Crippen MR) is 113 cm³/mol. The molecule has 2 aromatic rings. The molecule has 0 unspecified atom stereocenters. The Morgan fingerprint density at radius 1 is 1.03 bits per heavy atom. The number of halogens is 3. The zero-order chi connectivity index (χ0) is 19.7. The topological polar surface area (TPSA) is 32.3 Å². The first-order chi connectivity index (χ1) is 13.5. The standard InChI is InChI=1S/C23H26F2N2O.ClH/c1-15-12-18(24)5-7-20(15)21-6-4-17(13-22(21)25)23(28)27-10-8-19(9-11-27)26-14-16-2-3-16;/h4-7,12-13,16,19,26H,2-3,8-11,14H2,1H3;1H. The first kappa shape index (κ1) is 21.7. The van der Waals surface area contributed by atoms with Gasteiger partial charge in [0.05, 0.1) is 0 Å². The van der Waals surface area contributed by atoms with Crippen LogP contribution in [0.4, 0.5) is 8.78 Å². The number of carbonyl (C=O) groups excluding carboxylic acids is 1. The molecule has 29 heavy (non-hydrogen) atoms. The van der Waals surface area contributed by atoms with Crippen molar-refractivity contribution in [1.82, 2.24) is 10.2 Å². The lowest BCUT2D eigenvalue weighted by molar-refractivity contribution is 0.0704. The highest BCUT2D eigenvalue weighted by atomic mass is 35.5. The summed E-state index contributed by atoms with van der Waals surface area (Å²) in [5.74, 6) is -0.0714. The van der Waals surface area contributed by atoms with E-state index in [1.54, 1.807) is 25.1 Å². The van der Waals surface area contributed by atoms with Gasteiger partial charge in [-0.3, -0.25) is 4.79 Å². The van der Waals surface area contributed by atoms with Crippen LogP contribution in [0.1, 0.15) is 41.6 Å². The van der Waals surface area contributed by atoms with E-state index in [9.17, 15) is 13.6 Å². The molecular weight excluding hydrogens is 394 g/mol. The molecule has 1 aliphatic heterocycles. The third kappa shape index (κ3) is 5.14. The molecular formula is C23H27ClF2N2O. The molecule has 4 rings (SSSR count). The minimum Gasteiger partial charge on any atom is -0.339 e. The highest BCUT2D eigenvalue weighted by Crippen LogP contribution is 2.29. The zero-order valence-corrected chi connectivity index (χ0v) is 17.4. The average Bonchev–Trinajstić information content (AvgIpc) is 3.51. The first-order valence-electron chi connectivity index (χ1n) is 10.1. The molecule has 1 saturated heterocycles. The maximum Gasteiger partial charge on any atom is 0.253 e. The molecule has 0 aromatic heterocycles. The molecule has 2 aromatic carbocycles. The van der Waals surface area contributed by atoms with Gasteiger partial charge in [-0.2, -0.15) is 0 Å². The molecule has 1 heterocycles. The van der Waals surface area contributed by atoms with Crippen molar-refractivity contribution in [2.75, 3.05) is 19.6 Å². The maximum absolute atomic E-state index is 14.7. The molecule has 0 spiro atoms. The normalized spacial score (nSPS) is 17.1. The van der Waals surface area contributed by atoms with Crippen molar-refractivity contribution in [1.29, 1.82) is 0 Å². The number of nitrogens with zero attached hydrogens (tertiary/aromatic N) is 1. The number of rotatable bonds is 5. The largest absolute Gasteiger partial charge is 0.339 e. The van der Waals surface area contributed by atoms with Crippen LogP contribution in [0, 0.1) is 24.5 Å². The molecule has 3 nitrogen and oxygen atoms in total. The second-order valence-electron chi connectivity index (χ2n) is 8.07. The van der Waals surface area contributed by atoms with Crippen LogP contribution in [0.25, 0.3) is 11.1 Å². The first-order valence-corrected chi connectivity index (χ1v) is 10.1. The Labute approximate surface area is 176 Å². The summed E-state index contributed by atoms with van der Waals surface area (Å²) in [6, 6.07) is 9.35. The summed E-state index contributed by atoms with van der Waals surface area (Å²) in [5, 5.41) is 3.60. The Balaban J connectivity index is 0.00000240. The van der Waals surface area contributed by atoms with Crippen LogP contribution in [-0.4, -0.2) is 36.5 Å². The summed E-state index contributed by atoms with van der Waals surface area (Å²) in [6.07, 6.45) is 4.55. The van der Waals surface area contributed by atoms with Crippen molar-refractivity contribution in [3.05, 3.63) is 59.2 Å². The van der Waals surface area contributed by atoms with Gasteiger partial charge < -0.3 is 10.2 Å². The number of piperidine rings is 1. The number of aryl methyl sites for hydroxylation is 1. The quantitative estimate of drug-likeness (QED) is 0.740. The summed E-state index contributed by atoms with van der Waals surface area (Å²) in [5.41, 5.74) is 2.06. The molecule has 0 bridgehead atoms. The minimum atomic E-state index is -0.457. The van der Waals surface area contributed by atoms with E-state index in [0.29, 0.717) is 41.4 Å². The van der Waals surface area contributed by atoms with Crippen molar-refractivity contribution in [3.63, 3.8) is 0 Å². The highest BCUT2D eigenvalue weighted by Gasteiger charge is 2.26. The lowest BCUT2D eigenvalue weighted by atomic mass is 9.98. The van der Waals surface area contributed by atoms with Crippen LogP contribution in [0.3, 0.4) is 0 Å². The third-order valence-electron chi connectivity index (χ3n) is 5.87. The summed E-state index contributed by atoms with van der Waals surface area (Å²) < 4.78 is 28.0. The average molecular weight is 421 g/mol. The SMILES string of the molecule is Cc1cc(F)ccc1-c1ccc(C(=O)N2CCC(NCC3CC3)CC2)cc1F.Cl. The van der Waals surface area contributed by atoms with Crippen molar-refractivity contribution in [2.24, 2.45) is 5.92 Å². The molecule has 2 aliphatic rings. The number of hydrogen-bond acceptors (Lipinski definition) is 2. The number of carbonyl (C=O) groups is 1. The summed E-state index contributed by atoms with van der Waals surface area (Å²) >= 11 is 0. The van der Waals surface area contributed by atoms with Crippen LogP contribution < -0.4 is 5.32 Å². The fourth-order valence-corrected chi connectivity index (χ4v) is 3.92. The van der Waals surface area contributed by atoms with Gasteiger partial charge in [-0.1, -0.05) is 12.1 Å². The molecule has 1 amide bonds. The van der Waals surface area contributed by atoms with Gasteiger partial charge in [-0.05, 0) is 80.5 Å². The molecule has 2 fully saturated rings. The van der Waals surface area contributed by atoms with E-state index in [2.05, 4.69) is 5.32 Å². The second-order valence-corrected chi connectivity index (χ2v) is 8.07. The Kier molecular flexibility index (Phi) is 6.91. The van der Waals surface area contributed by atoms with Gasteiger partial charge in [0.15, 0.2) is 0 Å². The summed E-state index contributed by atoms with van der Waals surface area (Å²) in [4.78, 5) is 14.6. The van der Waals surface area contributed by atoms with Crippen LogP contribution in [0.5, 0.6) is 0 Å². The van der Waals surface area contributed by atoms with Gasteiger partial charge in [-0.25, -0.2) is 8.78 Å². The Bertz CT molecular complexity index is 877. The van der Waals surface area contributed by atoms with E-state index in [1.165, 1.54) is 31.0 Å². The van der Waals surface area contributed by atoms with E-state index in [0.717, 1.165) is 25.3 Å². The Morgan fingerprint density at radius 2 is 1.72 bits per heavy atom. The van der Waals surface area contributed by atoms with Crippen LogP contribution in [0.2, 0.25) is 0 Å². The molecule has 1 saturated carbocycles. The van der Waals surface area contributed by atoms with E-state index >= 15 is 0 Å². The number of likely N-dealkylation sites (tertiary alicyclic amines) is 1. The lowest BCUT2D eigenvalue weighted by Gasteiger charge is -2.32. The van der Waals surface area contributed by atoms with Gasteiger partial charge in [0, 0.05) is 30.3 Å². The number of amides is 1. The monoisotopic (exact) mass is 420 g/mol. The van der Waals surface area contributed by atoms with Crippen molar-refractivity contribution in [2.45, 2.75) is 38.6 Å². The molecule has 6 heteroatoms. The lowest BCUT2D eigenvalue weighted by Crippen LogP contribution is -2.45. The van der Waals surface area contributed by atoms with E-state index in [-0.39, 0.29) is 24.1 Å². The number of hydrogen-bond donors (Lipinski definition) is 1. The Hall–Kier alpha value is -1.98. The van der Waals surface area contributed by atoms with Crippen molar-refractivity contribution in [3.8, 4) is 11.1 Å². The van der Waals surface area contributed by atoms with Crippen molar-refractivity contribution < 1.29 is 13.6 Å². The molecule has 1 aliphatic carbocycles. The van der Waals surface area contributed by atoms with E-state index < -0.39 is 5.82 Å². The van der Waals surface area contributed by atoms with E-state index in [1.807, 2.05) is 4.90 Å². The molecule has 0 atom stereocenters. The zero-order valence-electron chi connectivity index (χ0n) is 16.6. The number of benzene rings is 2. The van der Waals surface area contributed by atoms with Gasteiger partial charge in [0.2, 0.25) is 0 Å². The summed E-state index contributed by atoms with van der Waals surface area (Å²) in [7, 11) is 0. The predicted octanol–water partition coefficient (Wildman–Crippen LogP) is 4.97. The molecule has 156 valence electrons. The van der Waals surface area contributed by atoms with Gasteiger partial charge >= 0.3 is 0 Å². The van der Waals surface area contributed by atoms with Gasteiger partial charge in [-0.15, -0.1) is 12.4 Å². The van der Waals surface area contributed by atoms with E-state index in [4.69, 9.17) is 0 Å².